The van der Waals surface area contributed by atoms with Crippen molar-refractivity contribution >= 4 is 0 Å². The van der Waals surface area contributed by atoms with Crippen molar-refractivity contribution in [3.05, 3.63) is 47.0 Å². The monoisotopic (exact) mass is 229 g/mol. The first-order valence-corrected chi connectivity index (χ1v) is 6.59. The molecular formula is C16H23N. The molecular weight excluding hydrogens is 206 g/mol. The highest BCUT2D eigenvalue weighted by molar-refractivity contribution is 5.35. The minimum absolute atomic E-state index is 0.125. The molecule has 1 aromatic carbocycles. The average Bonchev–Trinajstić information content (AvgIpc) is 2.21. The van der Waals surface area contributed by atoms with Gasteiger partial charge >= 0.3 is 0 Å². The van der Waals surface area contributed by atoms with Crippen LogP contribution >= 0.6 is 0 Å². The van der Waals surface area contributed by atoms with E-state index >= 15 is 0 Å². The van der Waals surface area contributed by atoms with Crippen molar-refractivity contribution in [3.8, 4) is 0 Å². The minimum atomic E-state index is 0.125. The molecule has 17 heavy (non-hydrogen) atoms. The Bertz CT molecular complexity index is 395. The van der Waals surface area contributed by atoms with E-state index in [1.165, 1.54) is 41.5 Å². The van der Waals surface area contributed by atoms with E-state index in [1.54, 1.807) is 0 Å². The lowest BCUT2D eigenvalue weighted by atomic mass is 9.76. The second kappa shape index (κ2) is 5.05. The van der Waals surface area contributed by atoms with Crippen LogP contribution in [0.5, 0.6) is 0 Å². The molecule has 1 nitrogen and oxygen atoms in total. The van der Waals surface area contributed by atoms with Crippen molar-refractivity contribution in [1.29, 1.82) is 0 Å². The van der Waals surface area contributed by atoms with Gasteiger partial charge < -0.3 is 5.73 Å². The number of hydrogen-bond acceptors (Lipinski definition) is 1. The molecule has 1 aliphatic rings. The Labute approximate surface area is 105 Å². The molecule has 0 heterocycles. The Morgan fingerprint density at radius 2 is 1.94 bits per heavy atom. The van der Waals surface area contributed by atoms with Crippen LogP contribution in [0, 0.1) is 19.8 Å². The molecule has 2 N–H and O–H groups in total. The Balaban J connectivity index is 2.07. The van der Waals surface area contributed by atoms with E-state index in [4.69, 9.17) is 5.73 Å². The van der Waals surface area contributed by atoms with Crippen LogP contribution in [0.1, 0.15) is 36.0 Å². The fraction of sp³-hybridized carbons (Fsp3) is 0.500. The summed E-state index contributed by atoms with van der Waals surface area (Å²) in [6, 6.07) is 6.57. The Hall–Kier alpha value is -1.08. The molecule has 1 aliphatic carbocycles. The molecule has 1 atom stereocenters. The number of nitrogens with two attached hydrogens (primary N) is 1. The molecule has 0 radical (unpaired) electrons. The quantitative estimate of drug-likeness (QED) is 0.785. The van der Waals surface area contributed by atoms with Crippen LogP contribution in [0.3, 0.4) is 0 Å². The second-order valence-electron chi connectivity index (χ2n) is 5.38. The van der Waals surface area contributed by atoms with Crippen LogP contribution < -0.4 is 5.73 Å². The SMILES string of the molecule is C=C(C(N)Cc1c(C)cccc1C)C1CCC1. The van der Waals surface area contributed by atoms with E-state index in [-0.39, 0.29) is 6.04 Å². The van der Waals surface area contributed by atoms with E-state index in [9.17, 15) is 0 Å². The zero-order chi connectivity index (χ0) is 12.4. The highest BCUT2D eigenvalue weighted by atomic mass is 14.6. The Kier molecular flexibility index (Phi) is 3.68. The van der Waals surface area contributed by atoms with Gasteiger partial charge in [-0.25, -0.2) is 0 Å². The van der Waals surface area contributed by atoms with Gasteiger partial charge in [0.2, 0.25) is 0 Å². The van der Waals surface area contributed by atoms with E-state index in [0.717, 1.165) is 6.42 Å². The van der Waals surface area contributed by atoms with Gasteiger partial charge in [-0.2, -0.15) is 0 Å². The van der Waals surface area contributed by atoms with E-state index in [2.05, 4.69) is 38.6 Å². The molecule has 0 amide bonds. The summed E-state index contributed by atoms with van der Waals surface area (Å²) >= 11 is 0. The van der Waals surface area contributed by atoms with Crippen molar-refractivity contribution in [3.63, 3.8) is 0 Å². The first-order valence-electron chi connectivity index (χ1n) is 6.59. The third kappa shape index (κ3) is 2.61. The molecule has 1 unspecified atom stereocenters. The summed E-state index contributed by atoms with van der Waals surface area (Å²) in [6.45, 7) is 8.54. The van der Waals surface area contributed by atoms with Crippen LogP contribution in [-0.4, -0.2) is 6.04 Å². The predicted octanol–water partition coefficient (Wildman–Crippen LogP) is 3.53. The average molecular weight is 229 g/mol. The van der Waals surface area contributed by atoms with Crippen molar-refractivity contribution in [1.82, 2.24) is 0 Å². The molecule has 92 valence electrons. The van der Waals surface area contributed by atoms with Crippen molar-refractivity contribution in [2.45, 2.75) is 45.6 Å². The number of rotatable bonds is 4. The second-order valence-corrected chi connectivity index (χ2v) is 5.38. The van der Waals surface area contributed by atoms with Gasteiger partial charge in [0.25, 0.3) is 0 Å². The zero-order valence-electron chi connectivity index (χ0n) is 11.0. The fourth-order valence-corrected chi connectivity index (χ4v) is 2.60. The summed E-state index contributed by atoms with van der Waals surface area (Å²) in [5, 5.41) is 0. The molecule has 0 bridgehead atoms. The molecule has 0 aliphatic heterocycles. The van der Waals surface area contributed by atoms with Crippen molar-refractivity contribution in [2.24, 2.45) is 11.7 Å². The van der Waals surface area contributed by atoms with E-state index in [0.29, 0.717) is 5.92 Å². The van der Waals surface area contributed by atoms with Gasteiger partial charge in [0, 0.05) is 6.04 Å². The lowest BCUT2D eigenvalue weighted by Crippen LogP contribution is -2.31. The summed E-state index contributed by atoms with van der Waals surface area (Å²) < 4.78 is 0. The number of benzene rings is 1. The largest absolute Gasteiger partial charge is 0.324 e. The minimum Gasteiger partial charge on any atom is -0.324 e. The lowest BCUT2D eigenvalue weighted by Gasteiger charge is -2.31. The molecule has 1 heteroatoms. The molecule has 1 fully saturated rings. The zero-order valence-corrected chi connectivity index (χ0v) is 11.0. The third-order valence-corrected chi connectivity index (χ3v) is 4.17. The number of aryl methyl sites for hydroxylation is 2. The van der Waals surface area contributed by atoms with Gasteiger partial charge in [-0.1, -0.05) is 36.8 Å². The van der Waals surface area contributed by atoms with Crippen molar-refractivity contribution < 1.29 is 0 Å². The Morgan fingerprint density at radius 1 is 1.35 bits per heavy atom. The maximum absolute atomic E-state index is 6.30. The summed E-state index contributed by atoms with van der Waals surface area (Å²) in [5.41, 5.74) is 11.7. The highest BCUT2D eigenvalue weighted by Gasteiger charge is 2.24. The molecule has 0 aromatic heterocycles. The first kappa shape index (κ1) is 12.4. The van der Waals surface area contributed by atoms with E-state index in [1.807, 2.05) is 0 Å². The topological polar surface area (TPSA) is 26.0 Å². The molecule has 2 rings (SSSR count). The van der Waals surface area contributed by atoms with Crippen LogP contribution in [0.25, 0.3) is 0 Å². The standard InChI is InChI=1S/C16H23N/c1-11-6-4-7-12(2)15(11)10-16(17)13(3)14-8-5-9-14/h4,6-7,14,16H,3,5,8-10,17H2,1-2H3. The van der Waals surface area contributed by atoms with Crippen molar-refractivity contribution in [2.75, 3.05) is 0 Å². The van der Waals surface area contributed by atoms with Gasteiger partial charge in [-0.15, -0.1) is 0 Å². The van der Waals surface area contributed by atoms with Crippen LogP contribution in [0.4, 0.5) is 0 Å². The first-order chi connectivity index (χ1) is 8.09. The third-order valence-electron chi connectivity index (χ3n) is 4.17. The van der Waals surface area contributed by atoms with E-state index < -0.39 is 0 Å². The molecule has 1 saturated carbocycles. The van der Waals surface area contributed by atoms with Crippen LogP contribution in [-0.2, 0) is 6.42 Å². The summed E-state index contributed by atoms with van der Waals surface area (Å²) in [4.78, 5) is 0. The fourth-order valence-electron chi connectivity index (χ4n) is 2.60. The lowest BCUT2D eigenvalue weighted by molar-refractivity contribution is 0.351. The number of hydrogen-bond donors (Lipinski definition) is 1. The molecule has 0 saturated heterocycles. The maximum atomic E-state index is 6.30. The van der Waals surface area contributed by atoms with Gasteiger partial charge in [-0.05, 0) is 55.7 Å². The smallest absolute Gasteiger partial charge is 0.0294 e. The highest BCUT2D eigenvalue weighted by Crippen LogP contribution is 2.34. The molecule has 0 spiro atoms. The van der Waals surface area contributed by atoms with Gasteiger partial charge in [-0.3, -0.25) is 0 Å². The summed E-state index contributed by atoms with van der Waals surface area (Å²) in [5.74, 6) is 0.689. The predicted molar refractivity (Wildman–Crippen MR) is 74.1 cm³/mol. The normalized spacial score (nSPS) is 17.6. The summed E-state index contributed by atoms with van der Waals surface area (Å²) in [7, 11) is 0. The maximum Gasteiger partial charge on any atom is 0.0294 e. The molecule has 1 aromatic rings. The van der Waals surface area contributed by atoms with Gasteiger partial charge in [0.05, 0.1) is 0 Å². The summed E-state index contributed by atoms with van der Waals surface area (Å²) in [6.07, 6.45) is 4.87. The van der Waals surface area contributed by atoms with Crippen LogP contribution in [0.2, 0.25) is 0 Å². The van der Waals surface area contributed by atoms with Gasteiger partial charge in [0.15, 0.2) is 0 Å². The van der Waals surface area contributed by atoms with Gasteiger partial charge in [0.1, 0.15) is 0 Å². The van der Waals surface area contributed by atoms with Crippen LogP contribution in [0.15, 0.2) is 30.4 Å². The Morgan fingerprint density at radius 3 is 2.41 bits per heavy atom.